The summed E-state index contributed by atoms with van der Waals surface area (Å²) in [4.78, 5) is 40.8. The molecule has 4 rings (SSSR count). The van der Waals surface area contributed by atoms with Crippen LogP contribution in [0.2, 0.25) is 10.0 Å². The van der Waals surface area contributed by atoms with E-state index in [1.807, 2.05) is 0 Å². The van der Waals surface area contributed by atoms with E-state index >= 15 is 0 Å². The first-order valence-electron chi connectivity index (χ1n) is 12.0. The van der Waals surface area contributed by atoms with E-state index in [2.05, 4.69) is 0 Å². The molecule has 0 radical (unpaired) electrons. The normalized spacial score (nSPS) is 16.1. The minimum absolute atomic E-state index is 0.0136. The summed E-state index contributed by atoms with van der Waals surface area (Å²) >= 11 is 12.8. The van der Waals surface area contributed by atoms with Gasteiger partial charge in [-0.2, -0.15) is 0 Å². The molecule has 1 saturated heterocycles. The molecule has 1 unspecified atom stereocenters. The number of nitrogens with zero attached hydrogens (tertiary/aromatic N) is 1. The van der Waals surface area contributed by atoms with Crippen molar-refractivity contribution in [1.29, 1.82) is 0 Å². The van der Waals surface area contributed by atoms with Gasteiger partial charge < -0.3 is 24.1 Å². The zero-order valence-electron chi connectivity index (χ0n) is 22.0. The van der Waals surface area contributed by atoms with Gasteiger partial charge in [0.05, 0.1) is 55.7 Å². The van der Waals surface area contributed by atoms with Crippen LogP contribution >= 0.6 is 23.2 Å². The first-order chi connectivity index (χ1) is 19.2. The molecule has 1 amide bonds. The third kappa shape index (κ3) is 5.05. The summed E-state index contributed by atoms with van der Waals surface area (Å²) in [5.74, 6) is -2.52. The number of aliphatic hydroxyl groups excluding tert-OH is 1. The van der Waals surface area contributed by atoms with E-state index in [0.29, 0.717) is 11.3 Å². The largest absolute Gasteiger partial charge is 0.507 e. The van der Waals surface area contributed by atoms with Gasteiger partial charge in [-0.3, -0.25) is 14.5 Å². The van der Waals surface area contributed by atoms with Crippen molar-refractivity contribution in [2.75, 3.05) is 32.8 Å². The molecule has 1 aliphatic rings. The monoisotopic (exact) mass is 585 g/mol. The van der Waals surface area contributed by atoms with E-state index in [-0.39, 0.29) is 50.5 Å². The predicted octanol–water partition coefficient (Wildman–Crippen LogP) is 5.82. The number of benzene rings is 3. The van der Waals surface area contributed by atoms with Crippen molar-refractivity contribution in [3.8, 4) is 17.2 Å². The minimum Gasteiger partial charge on any atom is -0.507 e. The minimum atomic E-state index is -1.13. The molecule has 40 heavy (non-hydrogen) atoms. The lowest BCUT2D eigenvalue weighted by molar-refractivity contribution is -0.132. The Labute approximate surface area is 240 Å². The van der Waals surface area contributed by atoms with Crippen LogP contribution in [0.3, 0.4) is 0 Å². The van der Waals surface area contributed by atoms with Crippen LogP contribution in [0.15, 0.2) is 60.2 Å². The Bertz CT molecular complexity index is 1530. The average molecular weight is 586 g/mol. The van der Waals surface area contributed by atoms with Gasteiger partial charge in [-0.05, 0) is 48.9 Å². The van der Waals surface area contributed by atoms with E-state index in [0.717, 1.165) is 0 Å². The predicted molar refractivity (Wildman–Crippen MR) is 150 cm³/mol. The van der Waals surface area contributed by atoms with Gasteiger partial charge in [0, 0.05) is 5.69 Å². The second kappa shape index (κ2) is 11.9. The topological polar surface area (TPSA) is 112 Å². The van der Waals surface area contributed by atoms with Crippen LogP contribution < -0.4 is 19.1 Å². The third-order valence-electron chi connectivity index (χ3n) is 6.28. The Morgan fingerprint density at radius 2 is 1.65 bits per heavy atom. The van der Waals surface area contributed by atoms with Crippen molar-refractivity contribution >= 4 is 52.3 Å². The van der Waals surface area contributed by atoms with E-state index in [9.17, 15) is 19.5 Å². The average Bonchev–Trinajstić information content (AvgIpc) is 3.22. The van der Waals surface area contributed by atoms with Gasteiger partial charge >= 0.3 is 5.97 Å². The van der Waals surface area contributed by atoms with Crippen molar-refractivity contribution in [1.82, 2.24) is 0 Å². The first kappa shape index (κ1) is 28.8. The van der Waals surface area contributed by atoms with Crippen LogP contribution in [-0.4, -0.2) is 50.7 Å². The fourth-order valence-electron chi connectivity index (χ4n) is 4.51. The number of ether oxygens (including phenoxy) is 4. The summed E-state index contributed by atoms with van der Waals surface area (Å²) in [5.41, 5.74) is 0.587. The van der Waals surface area contributed by atoms with E-state index in [1.54, 1.807) is 43.3 Å². The van der Waals surface area contributed by atoms with Gasteiger partial charge in [0.15, 0.2) is 11.5 Å². The van der Waals surface area contributed by atoms with E-state index in [1.165, 1.54) is 44.4 Å². The molecular weight excluding hydrogens is 561 g/mol. The summed E-state index contributed by atoms with van der Waals surface area (Å²) in [6.07, 6.45) is 0. The zero-order valence-corrected chi connectivity index (χ0v) is 23.5. The quantitative estimate of drug-likeness (QED) is 0.152. The van der Waals surface area contributed by atoms with Gasteiger partial charge in [-0.1, -0.05) is 41.4 Å². The third-order valence-corrected chi connectivity index (χ3v) is 6.91. The first-order valence-corrected chi connectivity index (χ1v) is 12.8. The molecular formula is C29H25Cl2NO8. The molecule has 1 aliphatic heterocycles. The lowest BCUT2D eigenvalue weighted by Crippen LogP contribution is -2.29. The van der Waals surface area contributed by atoms with Crippen molar-refractivity contribution in [2.24, 2.45) is 0 Å². The number of hydrogen-bond acceptors (Lipinski definition) is 8. The van der Waals surface area contributed by atoms with Crippen molar-refractivity contribution in [2.45, 2.75) is 13.0 Å². The molecule has 1 N–H and O–H groups in total. The second-order valence-corrected chi connectivity index (χ2v) is 9.29. The molecule has 11 heteroatoms. The number of ketones is 1. The Morgan fingerprint density at radius 3 is 2.30 bits per heavy atom. The smallest absolute Gasteiger partial charge is 0.338 e. The zero-order chi connectivity index (χ0) is 29.1. The maximum Gasteiger partial charge on any atom is 0.338 e. The van der Waals surface area contributed by atoms with Crippen LogP contribution in [0.5, 0.6) is 17.2 Å². The highest BCUT2D eigenvalue weighted by molar-refractivity contribution is 6.52. The fraction of sp³-hybridized carbons (Fsp3) is 0.207. The molecule has 1 heterocycles. The van der Waals surface area contributed by atoms with Gasteiger partial charge in [0.1, 0.15) is 16.5 Å². The number of rotatable bonds is 8. The number of aliphatic hydroxyl groups is 1. The molecule has 0 spiro atoms. The van der Waals surface area contributed by atoms with Gasteiger partial charge in [-0.15, -0.1) is 0 Å². The van der Waals surface area contributed by atoms with Crippen LogP contribution in [0.1, 0.15) is 34.5 Å². The molecule has 0 saturated carbocycles. The molecule has 0 aliphatic carbocycles. The standard InChI is InChI=1S/C29H25Cl2NO8/c1-5-40-29(36)16-9-6-10-17(12-16)32-23(15-8-7-11-18(13-15)37-2)21(25(34)28(32)35)24(33)19-14-20(30)27(39-4)22(31)26(19)38-3/h6-14,23,33H,5H2,1-4H3/b24-21+. The maximum absolute atomic E-state index is 13.6. The number of amides is 1. The highest BCUT2D eigenvalue weighted by atomic mass is 35.5. The highest BCUT2D eigenvalue weighted by Gasteiger charge is 2.47. The Kier molecular flexibility index (Phi) is 8.56. The van der Waals surface area contributed by atoms with Crippen molar-refractivity contribution < 1.29 is 38.4 Å². The summed E-state index contributed by atoms with van der Waals surface area (Å²) in [7, 11) is 4.17. The lowest BCUT2D eigenvalue weighted by atomic mass is 9.94. The van der Waals surface area contributed by atoms with Crippen LogP contribution in [0.25, 0.3) is 5.76 Å². The number of carbonyl (C=O) groups is 3. The molecule has 1 fully saturated rings. The lowest BCUT2D eigenvalue weighted by Gasteiger charge is -2.26. The van der Waals surface area contributed by atoms with Crippen LogP contribution in [0.4, 0.5) is 5.69 Å². The molecule has 208 valence electrons. The fourth-order valence-corrected chi connectivity index (χ4v) is 5.20. The number of esters is 1. The number of Topliss-reactive ketones (excluding diaryl/α,β-unsaturated/α-hetero) is 1. The Hall–Kier alpha value is -4.21. The van der Waals surface area contributed by atoms with Gasteiger partial charge in [0.2, 0.25) is 0 Å². The summed E-state index contributed by atoms with van der Waals surface area (Å²) in [6, 6.07) is 13.0. The number of halogens is 2. The SMILES string of the molecule is CCOC(=O)c1cccc(N2C(=O)C(=O)/C(=C(/O)c3cc(Cl)c(OC)c(Cl)c3OC)C2c2cccc(OC)c2)c1. The maximum atomic E-state index is 13.6. The molecule has 1 atom stereocenters. The highest BCUT2D eigenvalue weighted by Crippen LogP contribution is 2.48. The van der Waals surface area contributed by atoms with Gasteiger partial charge in [-0.25, -0.2) is 4.79 Å². The van der Waals surface area contributed by atoms with E-state index < -0.39 is 29.5 Å². The Morgan fingerprint density at radius 1 is 0.950 bits per heavy atom. The molecule has 9 nitrogen and oxygen atoms in total. The van der Waals surface area contributed by atoms with Crippen LogP contribution in [-0.2, 0) is 14.3 Å². The molecule has 3 aromatic rings. The van der Waals surface area contributed by atoms with Crippen molar-refractivity contribution in [3.05, 3.63) is 86.9 Å². The molecule has 3 aromatic carbocycles. The van der Waals surface area contributed by atoms with Gasteiger partial charge in [0.25, 0.3) is 11.7 Å². The van der Waals surface area contributed by atoms with E-state index in [4.69, 9.17) is 42.1 Å². The Balaban J connectivity index is 2.00. The van der Waals surface area contributed by atoms with Crippen molar-refractivity contribution in [3.63, 3.8) is 0 Å². The summed E-state index contributed by atoms with van der Waals surface area (Å²) < 4.78 is 21.1. The number of hydrogen-bond donors (Lipinski definition) is 1. The second-order valence-electron chi connectivity index (χ2n) is 8.50. The number of carbonyl (C=O) groups excluding carboxylic acids is 3. The van der Waals surface area contributed by atoms with Crippen LogP contribution in [0, 0.1) is 0 Å². The summed E-state index contributed by atoms with van der Waals surface area (Å²) in [5, 5.41) is 11.6. The number of anilines is 1. The molecule has 0 bridgehead atoms. The summed E-state index contributed by atoms with van der Waals surface area (Å²) in [6.45, 7) is 1.83. The molecule has 0 aromatic heterocycles. The number of methoxy groups -OCH3 is 3.